The molecule has 0 aliphatic carbocycles. The van der Waals surface area contributed by atoms with E-state index in [4.69, 9.17) is 10.6 Å². The molecule has 0 fully saturated rings. The first kappa shape index (κ1) is 8.00. The molecule has 5 heteroatoms. The summed E-state index contributed by atoms with van der Waals surface area (Å²) in [6, 6.07) is 1.82. The maximum atomic E-state index is 5.41. The van der Waals surface area contributed by atoms with E-state index in [0.29, 0.717) is 19.0 Å². The van der Waals surface area contributed by atoms with Crippen LogP contribution in [0.2, 0.25) is 0 Å². The summed E-state index contributed by atoms with van der Waals surface area (Å²) in [4.78, 5) is 8.17. The summed E-state index contributed by atoms with van der Waals surface area (Å²) in [7, 11) is 0. The van der Waals surface area contributed by atoms with Crippen molar-refractivity contribution in [3.63, 3.8) is 0 Å². The average molecular weight is 178 g/mol. The highest BCUT2D eigenvalue weighted by molar-refractivity contribution is 6.00. The molecule has 0 radical (unpaired) electrons. The van der Waals surface area contributed by atoms with Crippen LogP contribution in [0.25, 0.3) is 0 Å². The molecule has 0 amide bonds. The number of nitrogens with zero attached hydrogens (tertiary/aromatic N) is 2. The van der Waals surface area contributed by atoms with E-state index in [1.807, 2.05) is 6.07 Å². The lowest BCUT2D eigenvalue weighted by Gasteiger charge is -2.06. The summed E-state index contributed by atoms with van der Waals surface area (Å²) in [6.45, 7) is 1.16. The van der Waals surface area contributed by atoms with Crippen LogP contribution in [0, 0.1) is 0 Å². The van der Waals surface area contributed by atoms with E-state index in [2.05, 4.69) is 15.4 Å². The minimum Gasteiger partial charge on any atom is -0.489 e. The predicted molar refractivity (Wildman–Crippen MR) is 48.5 cm³/mol. The Bertz CT molecular complexity index is 337. The Morgan fingerprint density at radius 2 is 2.46 bits per heavy atom. The monoisotopic (exact) mass is 178 g/mol. The molecule has 0 atom stereocenters. The second-order valence-electron chi connectivity index (χ2n) is 2.59. The maximum absolute atomic E-state index is 5.41. The third kappa shape index (κ3) is 1.46. The molecule has 1 aromatic rings. The Balaban J connectivity index is 2.47. The van der Waals surface area contributed by atoms with Gasteiger partial charge in [-0.15, -0.1) is 0 Å². The highest BCUT2D eigenvalue weighted by Crippen LogP contribution is 2.18. The van der Waals surface area contributed by atoms with Gasteiger partial charge in [0.25, 0.3) is 0 Å². The van der Waals surface area contributed by atoms with Crippen molar-refractivity contribution >= 4 is 5.84 Å². The van der Waals surface area contributed by atoms with Gasteiger partial charge in [-0.3, -0.25) is 9.98 Å². The Labute approximate surface area is 75.6 Å². The van der Waals surface area contributed by atoms with Gasteiger partial charge in [0, 0.05) is 6.20 Å². The molecule has 2 rings (SSSR count). The molecular formula is C8H10N4O. The van der Waals surface area contributed by atoms with Crippen LogP contribution in [0.3, 0.4) is 0 Å². The number of aliphatic imine (C=N–C) groups is 1. The van der Waals surface area contributed by atoms with E-state index in [1.165, 1.54) is 0 Å². The molecular weight excluding hydrogens is 168 g/mol. The second kappa shape index (κ2) is 3.40. The van der Waals surface area contributed by atoms with Gasteiger partial charge in [0.05, 0.1) is 18.3 Å². The molecule has 0 aromatic carbocycles. The molecule has 0 saturated heterocycles. The van der Waals surface area contributed by atoms with E-state index in [9.17, 15) is 0 Å². The van der Waals surface area contributed by atoms with Gasteiger partial charge in [0.1, 0.15) is 18.2 Å². The van der Waals surface area contributed by atoms with Crippen LogP contribution in [0.5, 0.6) is 5.75 Å². The molecule has 0 bridgehead atoms. The zero-order chi connectivity index (χ0) is 9.10. The third-order valence-electron chi connectivity index (χ3n) is 1.80. The van der Waals surface area contributed by atoms with Gasteiger partial charge in [0.15, 0.2) is 0 Å². The van der Waals surface area contributed by atoms with E-state index in [0.717, 1.165) is 11.3 Å². The van der Waals surface area contributed by atoms with Crippen molar-refractivity contribution < 1.29 is 4.74 Å². The minimum absolute atomic E-state index is 0.559. The molecule has 1 aliphatic rings. The van der Waals surface area contributed by atoms with E-state index in [1.54, 1.807) is 12.4 Å². The van der Waals surface area contributed by atoms with Crippen LogP contribution >= 0.6 is 0 Å². The third-order valence-corrected chi connectivity index (χ3v) is 1.80. The highest BCUT2D eigenvalue weighted by Gasteiger charge is 2.11. The quantitative estimate of drug-likeness (QED) is 0.422. The number of hydrogen-bond acceptors (Lipinski definition) is 5. The molecule has 3 N–H and O–H groups in total. The molecule has 0 spiro atoms. The van der Waals surface area contributed by atoms with Crippen molar-refractivity contribution in [2.75, 3.05) is 13.2 Å². The molecule has 0 unspecified atom stereocenters. The number of pyridine rings is 1. The number of nitrogens with two attached hydrogens (primary N) is 1. The van der Waals surface area contributed by atoms with Crippen molar-refractivity contribution in [3.05, 3.63) is 24.0 Å². The van der Waals surface area contributed by atoms with Gasteiger partial charge >= 0.3 is 0 Å². The summed E-state index contributed by atoms with van der Waals surface area (Å²) < 4.78 is 5.41. The highest BCUT2D eigenvalue weighted by atomic mass is 16.5. The fourth-order valence-corrected chi connectivity index (χ4v) is 1.21. The summed E-state index contributed by atoms with van der Waals surface area (Å²) in [5.74, 6) is 6.70. The summed E-state index contributed by atoms with van der Waals surface area (Å²) >= 11 is 0. The normalized spacial score (nSPS) is 15.0. The summed E-state index contributed by atoms with van der Waals surface area (Å²) in [5.41, 5.74) is 3.40. The minimum atomic E-state index is 0.559. The van der Waals surface area contributed by atoms with Crippen molar-refractivity contribution in [3.8, 4) is 5.75 Å². The van der Waals surface area contributed by atoms with Crippen molar-refractivity contribution in [1.82, 2.24) is 10.4 Å². The van der Waals surface area contributed by atoms with Gasteiger partial charge in [0.2, 0.25) is 0 Å². The lowest BCUT2D eigenvalue weighted by Crippen LogP contribution is -2.31. The number of fused-ring (bicyclic) bond motifs is 1. The molecule has 68 valence electrons. The van der Waals surface area contributed by atoms with Gasteiger partial charge < -0.3 is 10.2 Å². The van der Waals surface area contributed by atoms with Gasteiger partial charge in [-0.1, -0.05) is 0 Å². The predicted octanol–water partition coefficient (Wildman–Crippen LogP) is -0.316. The first-order valence-electron chi connectivity index (χ1n) is 4.00. The maximum Gasteiger partial charge on any atom is 0.148 e. The standard InChI is InChI=1S/C8H10N4O/c9-12-8-6-1-2-10-5-7(6)13-4-3-11-8/h1-2,5H,3-4,9H2,(H,11,12). The van der Waals surface area contributed by atoms with Crippen molar-refractivity contribution in [2.45, 2.75) is 0 Å². The number of hydrazine groups is 1. The molecule has 2 heterocycles. The Hall–Kier alpha value is -1.62. The fourth-order valence-electron chi connectivity index (χ4n) is 1.21. The number of hydrogen-bond donors (Lipinski definition) is 2. The van der Waals surface area contributed by atoms with Crippen LogP contribution in [0.1, 0.15) is 5.56 Å². The van der Waals surface area contributed by atoms with E-state index in [-0.39, 0.29) is 0 Å². The van der Waals surface area contributed by atoms with E-state index < -0.39 is 0 Å². The number of amidine groups is 1. The van der Waals surface area contributed by atoms with Crippen LogP contribution in [-0.2, 0) is 0 Å². The Morgan fingerprint density at radius 3 is 3.31 bits per heavy atom. The number of ether oxygens (including phenoxy) is 1. The molecule has 13 heavy (non-hydrogen) atoms. The van der Waals surface area contributed by atoms with Crippen LogP contribution in [-0.4, -0.2) is 24.0 Å². The summed E-state index contributed by atoms with van der Waals surface area (Å²) in [6.07, 6.45) is 3.34. The Kier molecular flexibility index (Phi) is 2.09. The molecule has 5 nitrogen and oxygen atoms in total. The zero-order valence-electron chi connectivity index (χ0n) is 7.03. The lowest BCUT2D eigenvalue weighted by atomic mass is 10.2. The Morgan fingerprint density at radius 1 is 1.54 bits per heavy atom. The largest absolute Gasteiger partial charge is 0.489 e. The topological polar surface area (TPSA) is 72.5 Å². The number of nitrogens with one attached hydrogen (secondary N) is 1. The van der Waals surface area contributed by atoms with Gasteiger partial charge in [-0.2, -0.15) is 0 Å². The van der Waals surface area contributed by atoms with Gasteiger partial charge in [-0.25, -0.2) is 5.84 Å². The van der Waals surface area contributed by atoms with Crippen LogP contribution in [0.4, 0.5) is 0 Å². The second-order valence-corrected chi connectivity index (χ2v) is 2.59. The zero-order valence-corrected chi connectivity index (χ0v) is 7.03. The fraction of sp³-hybridized carbons (Fsp3) is 0.250. The van der Waals surface area contributed by atoms with E-state index >= 15 is 0 Å². The summed E-state index contributed by atoms with van der Waals surface area (Å²) in [5, 5.41) is 0. The smallest absolute Gasteiger partial charge is 0.148 e. The average Bonchev–Trinajstić information content (AvgIpc) is 2.39. The molecule has 1 aromatic heterocycles. The van der Waals surface area contributed by atoms with Crippen molar-refractivity contribution in [2.24, 2.45) is 10.8 Å². The van der Waals surface area contributed by atoms with Gasteiger partial charge in [-0.05, 0) is 6.07 Å². The number of aromatic nitrogens is 1. The van der Waals surface area contributed by atoms with Crippen LogP contribution in [0.15, 0.2) is 23.5 Å². The number of rotatable bonds is 0. The lowest BCUT2D eigenvalue weighted by molar-refractivity contribution is 0.330. The molecule has 0 saturated carbocycles. The SMILES string of the molecule is NNC1=NCCOc2cnccc21. The first-order valence-corrected chi connectivity index (χ1v) is 4.00. The molecule has 1 aliphatic heterocycles. The van der Waals surface area contributed by atoms with Crippen molar-refractivity contribution in [1.29, 1.82) is 0 Å². The van der Waals surface area contributed by atoms with Crippen LogP contribution < -0.4 is 16.0 Å². The first-order chi connectivity index (χ1) is 6.42.